The summed E-state index contributed by atoms with van der Waals surface area (Å²) < 4.78 is 28.9. The maximum atomic E-state index is 13.4. The second kappa shape index (κ2) is 7.42. The van der Waals surface area contributed by atoms with Gasteiger partial charge in [-0.25, -0.2) is 8.42 Å². The molecule has 1 aliphatic carbocycles. The highest BCUT2D eigenvalue weighted by atomic mass is 32.2. The fourth-order valence-electron chi connectivity index (χ4n) is 4.18. The van der Waals surface area contributed by atoms with Crippen LogP contribution in [-0.4, -0.2) is 41.7 Å². The van der Waals surface area contributed by atoms with Crippen molar-refractivity contribution in [3.63, 3.8) is 0 Å². The molecule has 2 fully saturated rings. The fourth-order valence-corrected chi connectivity index (χ4v) is 7.43. The molecule has 1 N–H and O–H groups in total. The molecule has 1 unspecified atom stereocenters. The van der Waals surface area contributed by atoms with Gasteiger partial charge in [-0.3, -0.25) is 9.78 Å². The summed E-state index contributed by atoms with van der Waals surface area (Å²) in [5.74, 6) is -0.200. The van der Waals surface area contributed by atoms with Crippen LogP contribution in [0.1, 0.15) is 32.1 Å². The predicted octanol–water partition coefficient (Wildman–Crippen LogP) is 3.19. The zero-order valence-corrected chi connectivity index (χ0v) is 17.1. The van der Waals surface area contributed by atoms with Crippen molar-refractivity contribution >= 4 is 27.3 Å². The number of carbonyl (C=O) groups excluding carboxylic acids is 1. The van der Waals surface area contributed by atoms with Crippen molar-refractivity contribution in [2.24, 2.45) is 0 Å². The minimum Gasteiger partial charge on any atom is -0.350 e. The van der Waals surface area contributed by atoms with Crippen molar-refractivity contribution in [1.82, 2.24) is 14.6 Å². The molecule has 1 amide bonds. The number of sulfonamides is 1. The molecule has 2 aromatic heterocycles. The van der Waals surface area contributed by atoms with E-state index in [0.717, 1.165) is 29.8 Å². The van der Waals surface area contributed by atoms with Crippen LogP contribution in [0.4, 0.5) is 0 Å². The standard InChI is InChI=1S/C20H23N3O3S2/c1-2-18(24)22-15-9-13-23(20(14-15)10-5-11-20)28(25,26)19-8-7-17(27-19)16-6-3-4-12-21-16/h2-4,6-8,12,15H,1,5,9-11,13-14H2,(H,22,24). The highest BCUT2D eigenvalue weighted by molar-refractivity contribution is 7.91. The van der Waals surface area contributed by atoms with Gasteiger partial charge in [-0.15, -0.1) is 11.3 Å². The summed E-state index contributed by atoms with van der Waals surface area (Å²) in [4.78, 5) is 16.8. The molecule has 0 bridgehead atoms. The number of aromatic nitrogens is 1. The third-order valence-corrected chi connectivity index (χ3v) is 9.27. The number of amides is 1. The Bertz CT molecular complexity index is 981. The number of nitrogens with one attached hydrogen (secondary N) is 1. The highest BCUT2D eigenvalue weighted by Gasteiger charge is 2.52. The van der Waals surface area contributed by atoms with E-state index in [0.29, 0.717) is 23.6 Å². The second-order valence-corrected chi connectivity index (χ2v) is 10.6. The van der Waals surface area contributed by atoms with E-state index in [-0.39, 0.29) is 17.5 Å². The molecule has 2 aliphatic rings. The summed E-state index contributed by atoms with van der Waals surface area (Å²) in [5, 5.41) is 2.95. The summed E-state index contributed by atoms with van der Waals surface area (Å²) in [6, 6.07) is 9.10. The maximum absolute atomic E-state index is 13.4. The zero-order valence-electron chi connectivity index (χ0n) is 15.5. The summed E-state index contributed by atoms with van der Waals surface area (Å²) in [5.41, 5.74) is 0.392. The first-order chi connectivity index (χ1) is 13.4. The summed E-state index contributed by atoms with van der Waals surface area (Å²) in [6.45, 7) is 3.91. The van der Waals surface area contributed by atoms with Gasteiger partial charge in [-0.1, -0.05) is 12.6 Å². The number of nitrogens with zero attached hydrogens (tertiary/aromatic N) is 2. The van der Waals surface area contributed by atoms with Crippen LogP contribution in [0.3, 0.4) is 0 Å². The quantitative estimate of drug-likeness (QED) is 0.758. The van der Waals surface area contributed by atoms with E-state index in [1.165, 1.54) is 17.4 Å². The van der Waals surface area contributed by atoms with Crippen LogP contribution in [0.15, 0.2) is 53.4 Å². The number of carbonyl (C=O) groups is 1. The molecular formula is C20H23N3O3S2. The Balaban J connectivity index is 1.58. The van der Waals surface area contributed by atoms with Gasteiger partial charge < -0.3 is 5.32 Å². The molecule has 1 saturated heterocycles. The van der Waals surface area contributed by atoms with Crippen LogP contribution >= 0.6 is 11.3 Å². The minimum absolute atomic E-state index is 0.00957. The van der Waals surface area contributed by atoms with E-state index in [2.05, 4.69) is 16.9 Å². The third-order valence-electron chi connectivity index (χ3n) is 5.70. The molecule has 1 saturated carbocycles. The summed E-state index contributed by atoms with van der Waals surface area (Å²) in [6.07, 6.45) is 6.92. The summed E-state index contributed by atoms with van der Waals surface area (Å²) in [7, 11) is -3.58. The molecule has 1 atom stereocenters. The molecule has 0 aromatic carbocycles. The van der Waals surface area contributed by atoms with Crippen LogP contribution in [0.5, 0.6) is 0 Å². The van der Waals surface area contributed by atoms with Gasteiger partial charge >= 0.3 is 0 Å². The van der Waals surface area contributed by atoms with Gasteiger partial charge in [0.15, 0.2) is 0 Å². The smallest absolute Gasteiger partial charge is 0.253 e. The molecule has 1 aliphatic heterocycles. The number of pyridine rings is 1. The van der Waals surface area contributed by atoms with Crippen molar-refractivity contribution in [2.45, 2.75) is 47.9 Å². The van der Waals surface area contributed by atoms with Gasteiger partial charge in [0.2, 0.25) is 5.91 Å². The highest BCUT2D eigenvalue weighted by Crippen LogP contribution is 2.47. The van der Waals surface area contributed by atoms with Gasteiger partial charge in [0, 0.05) is 24.3 Å². The zero-order chi connectivity index (χ0) is 19.8. The van der Waals surface area contributed by atoms with Gasteiger partial charge in [0.05, 0.1) is 10.6 Å². The SMILES string of the molecule is C=CC(=O)NC1CCN(S(=O)(=O)c2ccc(-c3ccccn3)s2)C2(CCC2)C1. The van der Waals surface area contributed by atoms with Crippen molar-refractivity contribution in [2.75, 3.05) is 6.54 Å². The molecule has 1 spiro atoms. The Morgan fingerprint density at radius 3 is 2.79 bits per heavy atom. The molecular weight excluding hydrogens is 394 g/mol. The fraction of sp³-hybridized carbons (Fsp3) is 0.400. The lowest BCUT2D eigenvalue weighted by atomic mass is 9.70. The average molecular weight is 418 g/mol. The topological polar surface area (TPSA) is 79.4 Å². The normalized spacial score (nSPS) is 21.8. The third kappa shape index (κ3) is 3.40. The monoisotopic (exact) mass is 417 g/mol. The van der Waals surface area contributed by atoms with E-state index in [1.807, 2.05) is 24.3 Å². The number of thiophene rings is 1. The number of piperidine rings is 1. The first kappa shape index (κ1) is 19.3. The largest absolute Gasteiger partial charge is 0.350 e. The molecule has 28 heavy (non-hydrogen) atoms. The van der Waals surface area contributed by atoms with Gasteiger partial charge in [-0.05, 0) is 62.4 Å². The van der Waals surface area contributed by atoms with Crippen LogP contribution in [-0.2, 0) is 14.8 Å². The molecule has 3 heterocycles. The lowest BCUT2D eigenvalue weighted by molar-refractivity contribution is -0.117. The van der Waals surface area contributed by atoms with Crippen molar-refractivity contribution in [1.29, 1.82) is 0 Å². The van der Waals surface area contributed by atoms with E-state index >= 15 is 0 Å². The van der Waals surface area contributed by atoms with Crippen molar-refractivity contribution in [3.05, 3.63) is 49.2 Å². The van der Waals surface area contributed by atoms with Gasteiger partial charge in [-0.2, -0.15) is 4.31 Å². The van der Waals surface area contributed by atoms with Crippen LogP contribution in [0, 0.1) is 0 Å². The van der Waals surface area contributed by atoms with E-state index in [9.17, 15) is 13.2 Å². The van der Waals surface area contributed by atoms with Gasteiger partial charge in [0.25, 0.3) is 10.0 Å². The van der Waals surface area contributed by atoms with Crippen LogP contribution in [0.25, 0.3) is 10.6 Å². The summed E-state index contributed by atoms with van der Waals surface area (Å²) >= 11 is 1.26. The van der Waals surface area contributed by atoms with Crippen molar-refractivity contribution in [3.8, 4) is 10.6 Å². The lowest BCUT2D eigenvalue weighted by Crippen LogP contribution is -2.62. The molecule has 4 rings (SSSR count). The Labute approximate surface area is 169 Å². The maximum Gasteiger partial charge on any atom is 0.253 e. The Hall–Kier alpha value is -2.03. The number of rotatable bonds is 5. The van der Waals surface area contributed by atoms with Crippen molar-refractivity contribution < 1.29 is 13.2 Å². The van der Waals surface area contributed by atoms with E-state index < -0.39 is 10.0 Å². The predicted molar refractivity (Wildman–Crippen MR) is 109 cm³/mol. The molecule has 148 valence electrons. The first-order valence-corrected chi connectivity index (χ1v) is 11.7. The van der Waals surface area contributed by atoms with Crippen LogP contribution < -0.4 is 5.32 Å². The number of hydrogen-bond acceptors (Lipinski definition) is 5. The van der Waals surface area contributed by atoms with E-state index in [4.69, 9.17) is 0 Å². The molecule has 0 radical (unpaired) electrons. The first-order valence-electron chi connectivity index (χ1n) is 9.42. The van der Waals surface area contributed by atoms with E-state index in [1.54, 1.807) is 16.6 Å². The minimum atomic E-state index is -3.58. The van der Waals surface area contributed by atoms with Crippen LogP contribution in [0.2, 0.25) is 0 Å². The average Bonchev–Trinajstić information content (AvgIpc) is 3.18. The molecule has 2 aromatic rings. The Morgan fingerprint density at radius 1 is 1.32 bits per heavy atom. The number of hydrogen-bond donors (Lipinski definition) is 1. The Kier molecular flexibility index (Phi) is 5.11. The Morgan fingerprint density at radius 2 is 2.14 bits per heavy atom. The molecule has 6 nitrogen and oxygen atoms in total. The van der Waals surface area contributed by atoms with Gasteiger partial charge in [0.1, 0.15) is 4.21 Å². The molecule has 8 heteroatoms. The second-order valence-electron chi connectivity index (χ2n) is 7.39. The lowest BCUT2D eigenvalue weighted by Gasteiger charge is -2.53.